The summed E-state index contributed by atoms with van der Waals surface area (Å²) in [6, 6.07) is 5.02. The van der Waals surface area contributed by atoms with Crippen molar-refractivity contribution < 1.29 is 19.1 Å². The second kappa shape index (κ2) is 5.62. The Morgan fingerprint density at radius 1 is 1.16 bits per heavy atom. The lowest BCUT2D eigenvalue weighted by Crippen LogP contribution is -2.08. The lowest BCUT2D eigenvalue weighted by Gasteiger charge is -2.11. The van der Waals surface area contributed by atoms with Crippen molar-refractivity contribution in [2.24, 2.45) is 0 Å². The van der Waals surface area contributed by atoms with Crippen LogP contribution in [-0.2, 0) is 9.59 Å². The first-order chi connectivity index (χ1) is 9.08. The molecule has 1 heterocycles. The maximum Gasteiger partial charge on any atom is 0.308 e. The van der Waals surface area contributed by atoms with Gasteiger partial charge < -0.3 is 9.47 Å². The number of ether oxygens (including phenoxy) is 2. The van der Waals surface area contributed by atoms with Crippen LogP contribution in [0.5, 0.6) is 11.5 Å². The zero-order chi connectivity index (χ0) is 13.8. The predicted octanol–water partition coefficient (Wildman–Crippen LogP) is 2.66. The van der Waals surface area contributed by atoms with Crippen LogP contribution in [0, 0.1) is 0 Å². The molecule has 1 aromatic carbocycles. The highest BCUT2D eigenvalue weighted by atomic mass is 32.1. The van der Waals surface area contributed by atoms with Crippen LogP contribution >= 0.6 is 11.3 Å². The van der Waals surface area contributed by atoms with Crippen LogP contribution in [0.25, 0.3) is 11.3 Å². The molecule has 5 nitrogen and oxygen atoms in total. The number of nitrogens with zero attached hydrogens (tertiary/aromatic N) is 1. The van der Waals surface area contributed by atoms with Gasteiger partial charge in [-0.25, -0.2) is 4.98 Å². The van der Waals surface area contributed by atoms with E-state index in [4.69, 9.17) is 9.47 Å². The molecule has 0 saturated heterocycles. The molecule has 0 fully saturated rings. The minimum absolute atomic E-state index is 0.202. The van der Waals surface area contributed by atoms with Gasteiger partial charge in [0.25, 0.3) is 0 Å². The molecule has 0 spiro atoms. The van der Waals surface area contributed by atoms with E-state index in [1.807, 2.05) is 5.38 Å². The fourth-order valence-corrected chi connectivity index (χ4v) is 2.10. The Morgan fingerprint density at radius 3 is 2.47 bits per heavy atom. The zero-order valence-electron chi connectivity index (χ0n) is 10.4. The molecule has 0 radical (unpaired) electrons. The number of para-hydroxylation sites is 1. The summed E-state index contributed by atoms with van der Waals surface area (Å²) >= 11 is 1.42. The Morgan fingerprint density at radius 2 is 1.89 bits per heavy atom. The molecule has 19 heavy (non-hydrogen) atoms. The first-order valence-corrected chi connectivity index (χ1v) is 6.40. The Kier molecular flexibility index (Phi) is 3.91. The van der Waals surface area contributed by atoms with Crippen LogP contribution in [0.4, 0.5) is 0 Å². The van der Waals surface area contributed by atoms with Gasteiger partial charge in [0.2, 0.25) is 0 Å². The summed E-state index contributed by atoms with van der Waals surface area (Å²) in [7, 11) is 0. The summed E-state index contributed by atoms with van der Waals surface area (Å²) < 4.78 is 10.2. The highest BCUT2D eigenvalue weighted by Gasteiger charge is 2.17. The van der Waals surface area contributed by atoms with E-state index in [1.54, 1.807) is 23.7 Å². The standard InChI is InChI=1S/C13H11NO4S/c1-8(15)17-12-5-3-4-10(11-6-19-7-14-11)13(12)18-9(2)16/h3-7H,1-2H3. The number of carbonyl (C=O) groups excluding carboxylic acids is 2. The Bertz CT molecular complexity index is 607. The second-order valence-electron chi connectivity index (χ2n) is 3.69. The maximum absolute atomic E-state index is 11.2. The van der Waals surface area contributed by atoms with Gasteiger partial charge in [0.1, 0.15) is 0 Å². The molecule has 0 saturated carbocycles. The number of hydrogen-bond donors (Lipinski definition) is 0. The van der Waals surface area contributed by atoms with Gasteiger partial charge >= 0.3 is 11.9 Å². The molecule has 2 aromatic rings. The summed E-state index contributed by atoms with van der Waals surface area (Å²) in [5.41, 5.74) is 2.94. The third kappa shape index (κ3) is 3.17. The number of aromatic nitrogens is 1. The maximum atomic E-state index is 11.2. The first-order valence-electron chi connectivity index (χ1n) is 5.46. The molecule has 0 unspecified atom stereocenters. The van der Waals surface area contributed by atoms with E-state index in [9.17, 15) is 9.59 Å². The highest BCUT2D eigenvalue weighted by Crippen LogP contribution is 2.38. The van der Waals surface area contributed by atoms with E-state index in [0.29, 0.717) is 11.3 Å². The van der Waals surface area contributed by atoms with Crippen LogP contribution in [0.1, 0.15) is 13.8 Å². The molecule has 0 amide bonds. The fraction of sp³-hybridized carbons (Fsp3) is 0.154. The highest BCUT2D eigenvalue weighted by molar-refractivity contribution is 7.07. The average Bonchev–Trinajstić information content (AvgIpc) is 2.83. The van der Waals surface area contributed by atoms with Gasteiger partial charge in [-0.15, -0.1) is 11.3 Å². The van der Waals surface area contributed by atoms with Crippen molar-refractivity contribution in [3.63, 3.8) is 0 Å². The average molecular weight is 277 g/mol. The molecule has 1 aromatic heterocycles. The molecular formula is C13H11NO4S. The van der Waals surface area contributed by atoms with E-state index in [2.05, 4.69) is 4.98 Å². The molecule has 0 aliphatic rings. The molecule has 2 rings (SSSR count). The summed E-state index contributed by atoms with van der Waals surface area (Å²) in [5, 5.41) is 1.82. The van der Waals surface area contributed by atoms with Gasteiger partial charge in [-0.3, -0.25) is 9.59 Å². The van der Waals surface area contributed by atoms with Crippen molar-refractivity contribution in [1.29, 1.82) is 0 Å². The molecule has 98 valence electrons. The monoisotopic (exact) mass is 277 g/mol. The predicted molar refractivity (Wildman–Crippen MR) is 70.2 cm³/mol. The van der Waals surface area contributed by atoms with Crippen molar-refractivity contribution in [3.8, 4) is 22.8 Å². The Hall–Kier alpha value is -2.21. The van der Waals surface area contributed by atoms with Crippen molar-refractivity contribution in [2.45, 2.75) is 13.8 Å². The van der Waals surface area contributed by atoms with Gasteiger partial charge in [-0.2, -0.15) is 0 Å². The van der Waals surface area contributed by atoms with E-state index in [1.165, 1.54) is 25.2 Å². The molecule has 0 bridgehead atoms. The molecule has 0 aliphatic carbocycles. The molecule has 0 aliphatic heterocycles. The normalized spacial score (nSPS) is 10.0. The van der Waals surface area contributed by atoms with Crippen molar-refractivity contribution in [2.75, 3.05) is 0 Å². The third-order valence-corrected chi connectivity index (χ3v) is 2.77. The van der Waals surface area contributed by atoms with Crippen LogP contribution in [-0.4, -0.2) is 16.9 Å². The van der Waals surface area contributed by atoms with E-state index in [-0.39, 0.29) is 11.5 Å². The number of hydrogen-bond acceptors (Lipinski definition) is 6. The van der Waals surface area contributed by atoms with Crippen molar-refractivity contribution in [3.05, 3.63) is 29.1 Å². The van der Waals surface area contributed by atoms with Gasteiger partial charge in [-0.05, 0) is 12.1 Å². The molecule has 6 heteroatoms. The first kappa shape index (κ1) is 13.2. The van der Waals surface area contributed by atoms with Crippen LogP contribution in [0.3, 0.4) is 0 Å². The topological polar surface area (TPSA) is 65.5 Å². The number of carbonyl (C=O) groups is 2. The van der Waals surface area contributed by atoms with Crippen LogP contribution in [0.2, 0.25) is 0 Å². The van der Waals surface area contributed by atoms with Crippen LogP contribution < -0.4 is 9.47 Å². The van der Waals surface area contributed by atoms with E-state index in [0.717, 1.165) is 0 Å². The zero-order valence-corrected chi connectivity index (χ0v) is 11.2. The Balaban J connectivity index is 2.53. The van der Waals surface area contributed by atoms with E-state index >= 15 is 0 Å². The molecule has 0 N–H and O–H groups in total. The lowest BCUT2D eigenvalue weighted by molar-refractivity contribution is -0.134. The fourth-order valence-electron chi connectivity index (χ4n) is 1.55. The second-order valence-corrected chi connectivity index (χ2v) is 4.41. The largest absolute Gasteiger partial charge is 0.423 e. The molecular weight excluding hydrogens is 266 g/mol. The number of esters is 2. The SMILES string of the molecule is CC(=O)Oc1cccc(-c2cscn2)c1OC(C)=O. The number of thiazole rings is 1. The quantitative estimate of drug-likeness (QED) is 0.637. The van der Waals surface area contributed by atoms with Crippen LogP contribution in [0.15, 0.2) is 29.1 Å². The number of rotatable bonds is 3. The third-order valence-electron chi connectivity index (χ3n) is 2.19. The Labute approximate surface area is 113 Å². The minimum Gasteiger partial charge on any atom is -0.423 e. The minimum atomic E-state index is -0.490. The summed E-state index contributed by atoms with van der Waals surface area (Å²) in [6.07, 6.45) is 0. The number of benzene rings is 1. The summed E-state index contributed by atoms with van der Waals surface area (Å²) in [4.78, 5) is 26.4. The van der Waals surface area contributed by atoms with Gasteiger partial charge in [0.15, 0.2) is 11.5 Å². The molecule has 0 atom stereocenters. The lowest BCUT2D eigenvalue weighted by atomic mass is 10.1. The van der Waals surface area contributed by atoms with Gasteiger partial charge in [0.05, 0.1) is 11.2 Å². The van der Waals surface area contributed by atoms with Crippen molar-refractivity contribution in [1.82, 2.24) is 4.98 Å². The smallest absolute Gasteiger partial charge is 0.308 e. The summed E-state index contributed by atoms with van der Waals surface area (Å²) in [5.74, 6) is -0.566. The summed E-state index contributed by atoms with van der Waals surface area (Å²) in [6.45, 7) is 2.57. The van der Waals surface area contributed by atoms with Crippen molar-refractivity contribution >= 4 is 23.3 Å². The van der Waals surface area contributed by atoms with E-state index < -0.39 is 11.9 Å². The van der Waals surface area contributed by atoms with Gasteiger partial charge in [0, 0.05) is 24.8 Å². The van der Waals surface area contributed by atoms with Gasteiger partial charge in [-0.1, -0.05) is 6.07 Å².